The minimum atomic E-state index is -0.579. The molecule has 0 spiro atoms. The molecule has 6 heteroatoms. The Kier molecular flexibility index (Phi) is 3.66. The molecule has 1 aromatic carbocycles. The maximum Gasteiger partial charge on any atom is 0.154 e. The molecule has 0 saturated carbocycles. The van der Waals surface area contributed by atoms with Gasteiger partial charge in [0.15, 0.2) is 5.82 Å². The quantitative estimate of drug-likeness (QED) is 0.771. The minimum Gasteiger partial charge on any atom is -0.387 e. The molecular formula is C14H13BrN4O. The number of halogens is 1. The molecule has 0 aliphatic carbocycles. The normalized spacial score (nSPS) is 12.5. The summed E-state index contributed by atoms with van der Waals surface area (Å²) in [5, 5.41) is 17.4. The molecule has 3 aromatic rings. The van der Waals surface area contributed by atoms with Crippen molar-refractivity contribution in [2.24, 2.45) is 0 Å². The standard InChI is InChI=1S/C14H13BrN4O/c15-13-7-6-11-14(17-9-18-19(11)13)16-8-12(20)10-4-2-1-3-5-10/h1-7,9,12,20H,8H2,(H,16,17,18)/t12-/m0/s1. The first-order chi connectivity index (χ1) is 9.75. The predicted octanol–water partition coefficient (Wildman–Crippen LogP) is 2.64. The Morgan fingerprint density at radius 3 is 2.80 bits per heavy atom. The van der Waals surface area contributed by atoms with Gasteiger partial charge in [-0.15, -0.1) is 0 Å². The summed E-state index contributed by atoms with van der Waals surface area (Å²) in [4.78, 5) is 4.21. The van der Waals surface area contributed by atoms with Gasteiger partial charge < -0.3 is 10.4 Å². The number of rotatable bonds is 4. The van der Waals surface area contributed by atoms with Crippen LogP contribution < -0.4 is 5.32 Å². The number of hydrogen-bond donors (Lipinski definition) is 2. The van der Waals surface area contributed by atoms with E-state index in [4.69, 9.17) is 0 Å². The van der Waals surface area contributed by atoms with Gasteiger partial charge in [-0.2, -0.15) is 5.10 Å². The van der Waals surface area contributed by atoms with Gasteiger partial charge in [0.2, 0.25) is 0 Å². The average molecular weight is 333 g/mol. The van der Waals surface area contributed by atoms with E-state index in [1.807, 2.05) is 42.5 Å². The van der Waals surface area contributed by atoms with E-state index in [0.29, 0.717) is 12.4 Å². The molecule has 0 fully saturated rings. The summed E-state index contributed by atoms with van der Waals surface area (Å²) in [6.45, 7) is 0.388. The third-order valence-electron chi connectivity index (χ3n) is 3.05. The molecule has 0 bridgehead atoms. The van der Waals surface area contributed by atoms with Crippen LogP contribution in [0.25, 0.3) is 5.52 Å². The van der Waals surface area contributed by atoms with Gasteiger partial charge in [0.1, 0.15) is 16.4 Å². The van der Waals surface area contributed by atoms with E-state index in [-0.39, 0.29) is 0 Å². The Labute approximate surface area is 124 Å². The second-order valence-corrected chi connectivity index (χ2v) is 5.18. The van der Waals surface area contributed by atoms with E-state index in [2.05, 4.69) is 31.3 Å². The second kappa shape index (κ2) is 5.60. The highest BCUT2D eigenvalue weighted by atomic mass is 79.9. The summed E-state index contributed by atoms with van der Waals surface area (Å²) in [6.07, 6.45) is 0.902. The number of aliphatic hydroxyl groups excluding tert-OH is 1. The van der Waals surface area contributed by atoms with Gasteiger partial charge in [0.05, 0.1) is 6.10 Å². The maximum atomic E-state index is 10.1. The molecule has 0 aliphatic heterocycles. The zero-order valence-corrected chi connectivity index (χ0v) is 12.2. The molecule has 0 saturated heterocycles. The van der Waals surface area contributed by atoms with Crippen LogP contribution in [0.15, 0.2) is 53.4 Å². The fourth-order valence-corrected chi connectivity index (χ4v) is 2.44. The van der Waals surface area contributed by atoms with E-state index in [1.54, 1.807) is 4.52 Å². The fourth-order valence-electron chi connectivity index (χ4n) is 2.02. The zero-order chi connectivity index (χ0) is 13.9. The minimum absolute atomic E-state index is 0.388. The summed E-state index contributed by atoms with van der Waals surface area (Å²) in [7, 11) is 0. The van der Waals surface area contributed by atoms with Gasteiger partial charge in [-0.25, -0.2) is 9.50 Å². The number of hydrogen-bond acceptors (Lipinski definition) is 4. The smallest absolute Gasteiger partial charge is 0.154 e. The average Bonchev–Trinajstić information content (AvgIpc) is 2.88. The second-order valence-electron chi connectivity index (χ2n) is 4.37. The molecule has 0 aliphatic rings. The molecule has 0 radical (unpaired) electrons. The van der Waals surface area contributed by atoms with Crippen molar-refractivity contribution in [2.45, 2.75) is 6.10 Å². The molecule has 1 atom stereocenters. The van der Waals surface area contributed by atoms with Crippen molar-refractivity contribution in [2.75, 3.05) is 11.9 Å². The highest BCUT2D eigenvalue weighted by molar-refractivity contribution is 9.10. The fraction of sp³-hybridized carbons (Fsp3) is 0.143. The van der Waals surface area contributed by atoms with Gasteiger partial charge in [0, 0.05) is 6.54 Å². The number of aliphatic hydroxyl groups is 1. The van der Waals surface area contributed by atoms with Gasteiger partial charge in [-0.05, 0) is 33.6 Å². The molecule has 102 valence electrons. The van der Waals surface area contributed by atoms with Crippen molar-refractivity contribution < 1.29 is 5.11 Å². The van der Waals surface area contributed by atoms with Gasteiger partial charge in [0.25, 0.3) is 0 Å². The van der Waals surface area contributed by atoms with Crippen LogP contribution in [0.2, 0.25) is 0 Å². The molecule has 2 N–H and O–H groups in total. The summed E-state index contributed by atoms with van der Waals surface area (Å²) in [5.41, 5.74) is 1.74. The number of nitrogens with zero attached hydrogens (tertiary/aromatic N) is 3. The number of benzene rings is 1. The van der Waals surface area contributed by atoms with E-state index in [0.717, 1.165) is 15.7 Å². The first-order valence-corrected chi connectivity index (χ1v) is 7.00. The van der Waals surface area contributed by atoms with Crippen molar-refractivity contribution in [1.82, 2.24) is 14.6 Å². The lowest BCUT2D eigenvalue weighted by molar-refractivity contribution is 0.191. The Morgan fingerprint density at radius 1 is 1.20 bits per heavy atom. The molecular weight excluding hydrogens is 320 g/mol. The highest BCUT2D eigenvalue weighted by Crippen LogP contribution is 2.20. The lowest BCUT2D eigenvalue weighted by Crippen LogP contribution is -2.13. The van der Waals surface area contributed by atoms with Crippen molar-refractivity contribution in [3.05, 3.63) is 59.0 Å². The highest BCUT2D eigenvalue weighted by Gasteiger charge is 2.10. The first kappa shape index (κ1) is 13.1. The Balaban J connectivity index is 1.77. The molecule has 5 nitrogen and oxygen atoms in total. The maximum absolute atomic E-state index is 10.1. The van der Waals surface area contributed by atoms with Crippen LogP contribution in [-0.2, 0) is 0 Å². The molecule has 0 unspecified atom stereocenters. The van der Waals surface area contributed by atoms with Gasteiger partial charge in [-0.3, -0.25) is 0 Å². The summed E-state index contributed by atoms with van der Waals surface area (Å²) >= 11 is 3.41. The van der Waals surface area contributed by atoms with Crippen molar-refractivity contribution in [3.8, 4) is 0 Å². The van der Waals surface area contributed by atoms with Crippen LogP contribution >= 0.6 is 15.9 Å². The van der Waals surface area contributed by atoms with Crippen LogP contribution in [0.5, 0.6) is 0 Å². The third kappa shape index (κ3) is 2.52. The third-order valence-corrected chi connectivity index (χ3v) is 3.65. The number of nitrogens with one attached hydrogen (secondary N) is 1. The lowest BCUT2D eigenvalue weighted by Gasteiger charge is -2.13. The van der Waals surface area contributed by atoms with E-state index >= 15 is 0 Å². The Morgan fingerprint density at radius 2 is 2.00 bits per heavy atom. The predicted molar refractivity (Wildman–Crippen MR) is 80.6 cm³/mol. The lowest BCUT2D eigenvalue weighted by atomic mass is 10.1. The summed E-state index contributed by atoms with van der Waals surface area (Å²) in [6, 6.07) is 13.4. The molecule has 20 heavy (non-hydrogen) atoms. The van der Waals surface area contributed by atoms with Crippen LogP contribution in [0.4, 0.5) is 5.82 Å². The van der Waals surface area contributed by atoms with Crippen LogP contribution in [0, 0.1) is 0 Å². The zero-order valence-electron chi connectivity index (χ0n) is 10.6. The van der Waals surface area contributed by atoms with Gasteiger partial charge in [-0.1, -0.05) is 30.3 Å². The van der Waals surface area contributed by atoms with Crippen LogP contribution in [0.3, 0.4) is 0 Å². The van der Waals surface area contributed by atoms with Crippen molar-refractivity contribution >= 4 is 27.3 Å². The molecule has 2 aromatic heterocycles. The largest absolute Gasteiger partial charge is 0.387 e. The van der Waals surface area contributed by atoms with E-state index in [9.17, 15) is 5.11 Å². The van der Waals surface area contributed by atoms with Crippen molar-refractivity contribution in [3.63, 3.8) is 0 Å². The molecule has 3 rings (SSSR count). The van der Waals surface area contributed by atoms with E-state index < -0.39 is 6.10 Å². The number of aromatic nitrogens is 3. The monoisotopic (exact) mass is 332 g/mol. The van der Waals surface area contributed by atoms with Crippen LogP contribution in [0.1, 0.15) is 11.7 Å². The van der Waals surface area contributed by atoms with Gasteiger partial charge >= 0.3 is 0 Å². The van der Waals surface area contributed by atoms with Crippen molar-refractivity contribution in [1.29, 1.82) is 0 Å². The number of fused-ring (bicyclic) bond motifs is 1. The topological polar surface area (TPSA) is 62.5 Å². The number of anilines is 1. The van der Waals surface area contributed by atoms with Crippen LogP contribution in [-0.4, -0.2) is 26.2 Å². The first-order valence-electron chi connectivity index (χ1n) is 6.21. The summed E-state index contributed by atoms with van der Waals surface area (Å²) < 4.78 is 2.60. The Hall–Kier alpha value is -1.92. The molecule has 0 amide bonds. The SMILES string of the molecule is O[C@@H](CNc1ncnn2c(Br)ccc12)c1ccccc1. The summed E-state index contributed by atoms with van der Waals surface area (Å²) in [5.74, 6) is 0.695. The van der Waals surface area contributed by atoms with E-state index in [1.165, 1.54) is 6.33 Å². The Bertz CT molecular complexity index is 714. The molecule has 2 heterocycles.